The van der Waals surface area contributed by atoms with E-state index in [4.69, 9.17) is 9.47 Å². The number of hydrogen-bond acceptors (Lipinski definition) is 4. The van der Waals surface area contributed by atoms with Crippen molar-refractivity contribution in [1.82, 2.24) is 9.80 Å². The summed E-state index contributed by atoms with van der Waals surface area (Å²) in [6.07, 6.45) is 1.69. The van der Waals surface area contributed by atoms with Crippen molar-refractivity contribution >= 4 is 12.0 Å². The first kappa shape index (κ1) is 16.0. The minimum atomic E-state index is -0.900. The van der Waals surface area contributed by atoms with Crippen LogP contribution in [0.15, 0.2) is 0 Å². The molecule has 2 saturated heterocycles. The number of carboxylic acids is 1. The van der Waals surface area contributed by atoms with Gasteiger partial charge in [0.1, 0.15) is 5.92 Å². The number of carbonyl (C=O) groups excluding carboxylic acids is 1. The third-order valence-electron chi connectivity index (χ3n) is 4.23. The number of ether oxygens (including phenoxy) is 2. The number of rotatable bonds is 5. The standard InChI is InChI=1S/C14H24N2O5/c1-3-5-16(12-9-21-8-11(12)13(17)18)14(19)15-6-4-10(7-15)20-2/h10-12H,3-9H2,1-2H3,(H,17,18). The van der Waals surface area contributed by atoms with Gasteiger partial charge >= 0.3 is 12.0 Å². The number of amides is 2. The van der Waals surface area contributed by atoms with Gasteiger partial charge in [0.2, 0.25) is 0 Å². The van der Waals surface area contributed by atoms with Crippen molar-refractivity contribution in [2.75, 3.05) is 40.0 Å². The molecule has 1 N–H and O–H groups in total. The Kier molecular flexibility index (Phi) is 5.41. The maximum atomic E-state index is 12.7. The summed E-state index contributed by atoms with van der Waals surface area (Å²) in [6, 6.07) is -0.477. The molecule has 0 radical (unpaired) electrons. The maximum Gasteiger partial charge on any atom is 0.320 e. The molecule has 2 rings (SSSR count). The highest BCUT2D eigenvalue weighted by atomic mass is 16.5. The number of carbonyl (C=O) groups is 2. The Balaban J connectivity index is 2.07. The molecule has 21 heavy (non-hydrogen) atoms. The van der Waals surface area contributed by atoms with Gasteiger partial charge < -0.3 is 24.4 Å². The summed E-state index contributed by atoms with van der Waals surface area (Å²) in [4.78, 5) is 27.4. The number of nitrogens with zero attached hydrogens (tertiary/aromatic N) is 2. The molecule has 0 aromatic rings. The number of methoxy groups -OCH3 is 1. The normalized spacial score (nSPS) is 28.9. The van der Waals surface area contributed by atoms with Crippen LogP contribution in [-0.4, -0.2) is 79.0 Å². The van der Waals surface area contributed by atoms with Crippen molar-refractivity contribution in [2.45, 2.75) is 31.9 Å². The Morgan fingerprint density at radius 3 is 2.76 bits per heavy atom. The number of aliphatic carboxylic acids is 1. The third kappa shape index (κ3) is 3.47. The molecule has 2 amide bonds. The Morgan fingerprint density at radius 2 is 2.19 bits per heavy atom. The third-order valence-corrected chi connectivity index (χ3v) is 4.23. The average Bonchev–Trinajstić information content (AvgIpc) is 3.12. The quantitative estimate of drug-likeness (QED) is 0.806. The summed E-state index contributed by atoms with van der Waals surface area (Å²) in [5, 5.41) is 9.28. The first-order valence-corrected chi connectivity index (χ1v) is 7.47. The van der Waals surface area contributed by atoms with E-state index in [1.165, 1.54) is 0 Å². The highest BCUT2D eigenvalue weighted by Crippen LogP contribution is 2.23. The van der Waals surface area contributed by atoms with E-state index in [2.05, 4.69) is 0 Å². The molecular weight excluding hydrogens is 276 g/mol. The van der Waals surface area contributed by atoms with Gasteiger partial charge in [-0.25, -0.2) is 4.79 Å². The molecule has 2 fully saturated rings. The second-order valence-corrected chi connectivity index (χ2v) is 5.62. The van der Waals surface area contributed by atoms with Gasteiger partial charge in [-0.3, -0.25) is 4.79 Å². The van der Waals surface area contributed by atoms with E-state index in [1.807, 2.05) is 6.92 Å². The highest BCUT2D eigenvalue weighted by Gasteiger charge is 2.41. The minimum absolute atomic E-state index is 0.0764. The second-order valence-electron chi connectivity index (χ2n) is 5.62. The molecule has 2 heterocycles. The zero-order valence-corrected chi connectivity index (χ0v) is 12.7. The van der Waals surface area contributed by atoms with Crippen LogP contribution < -0.4 is 0 Å². The van der Waals surface area contributed by atoms with Crippen molar-refractivity contribution in [1.29, 1.82) is 0 Å². The van der Waals surface area contributed by atoms with Gasteiger partial charge in [-0.05, 0) is 12.8 Å². The van der Waals surface area contributed by atoms with Crippen molar-refractivity contribution in [3.63, 3.8) is 0 Å². The van der Waals surface area contributed by atoms with Crippen LogP contribution in [0.25, 0.3) is 0 Å². The molecule has 0 spiro atoms. The monoisotopic (exact) mass is 300 g/mol. The number of hydrogen-bond donors (Lipinski definition) is 1. The second kappa shape index (κ2) is 7.09. The first-order valence-electron chi connectivity index (χ1n) is 7.47. The fourth-order valence-electron chi connectivity index (χ4n) is 3.01. The van der Waals surface area contributed by atoms with Gasteiger partial charge in [-0.1, -0.05) is 6.92 Å². The number of urea groups is 1. The summed E-state index contributed by atoms with van der Waals surface area (Å²) in [5.41, 5.74) is 0. The molecule has 0 aliphatic carbocycles. The lowest BCUT2D eigenvalue weighted by Crippen LogP contribution is -2.51. The van der Waals surface area contributed by atoms with Crippen molar-refractivity contribution in [3.8, 4) is 0 Å². The lowest BCUT2D eigenvalue weighted by atomic mass is 10.0. The molecule has 0 saturated carbocycles. The smallest absolute Gasteiger partial charge is 0.320 e. The van der Waals surface area contributed by atoms with E-state index in [-0.39, 0.29) is 24.8 Å². The van der Waals surface area contributed by atoms with Gasteiger partial charge in [-0.2, -0.15) is 0 Å². The molecular formula is C14H24N2O5. The van der Waals surface area contributed by atoms with Crippen LogP contribution in [0.5, 0.6) is 0 Å². The van der Waals surface area contributed by atoms with Crippen LogP contribution in [0.3, 0.4) is 0 Å². The highest BCUT2D eigenvalue weighted by molar-refractivity contribution is 5.77. The molecule has 3 atom stereocenters. The topological polar surface area (TPSA) is 79.3 Å². The molecule has 3 unspecified atom stereocenters. The van der Waals surface area contributed by atoms with E-state index >= 15 is 0 Å². The molecule has 7 heteroatoms. The van der Waals surface area contributed by atoms with Gasteiger partial charge in [0.15, 0.2) is 0 Å². The van der Waals surface area contributed by atoms with E-state index in [9.17, 15) is 14.7 Å². The minimum Gasteiger partial charge on any atom is -0.481 e. The van der Waals surface area contributed by atoms with Gasteiger partial charge in [-0.15, -0.1) is 0 Å². The van der Waals surface area contributed by atoms with Gasteiger partial charge in [0.25, 0.3) is 0 Å². The summed E-state index contributed by atoms with van der Waals surface area (Å²) >= 11 is 0. The predicted molar refractivity (Wildman–Crippen MR) is 75.1 cm³/mol. The lowest BCUT2D eigenvalue weighted by Gasteiger charge is -2.33. The Bertz CT molecular complexity index is 390. The summed E-state index contributed by atoms with van der Waals surface area (Å²) in [7, 11) is 1.65. The van der Waals surface area contributed by atoms with E-state index in [1.54, 1.807) is 16.9 Å². The molecule has 120 valence electrons. The van der Waals surface area contributed by atoms with Crippen LogP contribution in [0.4, 0.5) is 4.79 Å². The van der Waals surface area contributed by atoms with Crippen LogP contribution >= 0.6 is 0 Å². The van der Waals surface area contributed by atoms with Crippen LogP contribution in [-0.2, 0) is 14.3 Å². The SMILES string of the molecule is CCCN(C(=O)N1CCC(OC)C1)C1COCC1C(=O)O. The van der Waals surface area contributed by atoms with E-state index in [0.717, 1.165) is 12.8 Å². The van der Waals surface area contributed by atoms with Crippen molar-refractivity contribution in [2.24, 2.45) is 5.92 Å². The molecule has 0 aromatic carbocycles. The molecule has 0 aromatic heterocycles. The van der Waals surface area contributed by atoms with Crippen molar-refractivity contribution < 1.29 is 24.2 Å². The molecule has 7 nitrogen and oxygen atoms in total. The predicted octanol–water partition coefficient (Wildman–Crippen LogP) is 0.639. The molecule has 0 bridgehead atoms. The Labute approximate surface area is 124 Å². The van der Waals surface area contributed by atoms with Gasteiger partial charge in [0.05, 0.1) is 25.4 Å². The van der Waals surface area contributed by atoms with E-state index in [0.29, 0.717) is 26.2 Å². The number of carboxylic acid groups (broad SMARTS) is 1. The van der Waals surface area contributed by atoms with Gasteiger partial charge in [0, 0.05) is 26.7 Å². The maximum absolute atomic E-state index is 12.7. The molecule has 2 aliphatic rings. The first-order chi connectivity index (χ1) is 10.1. The van der Waals surface area contributed by atoms with Crippen LogP contribution in [0.2, 0.25) is 0 Å². The fourth-order valence-corrected chi connectivity index (χ4v) is 3.01. The fraction of sp³-hybridized carbons (Fsp3) is 0.857. The zero-order chi connectivity index (χ0) is 15.4. The average molecular weight is 300 g/mol. The Hall–Kier alpha value is -1.34. The molecule has 2 aliphatic heterocycles. The summed E-state index contributed by atoms with van der Waals surface area (Å²) < 4.78 is 10.6. The number of likely N-dealkylation sites (tertiary alicyclic amines) is 1. The van der Waals surface area contributed by atoms with Crippen molar-refractivity contribution in [3.05, 3.63) is 0 Å². The summed E-state index contributed by atoms with van der Waals surface area (Å²) in [6.45, 7) is 4.22. The van der Waals surface area contributed by atoms with Crippen LogP contribution in [0, 0.1) is 5.92 Å². The zero-order valence-electron chi connectivity index (χ0n) is 12.7. The largest absolute Gasteiger partial charge is 0.481 e. The van der Waals surface area contributed by atoms with Crippen LogP contribution in [0.1, 0.15) is 19.8 Å². The summed E-state index contributed by atoms with van der Waals surface area (Å²) in [5.74, 6) is -1.54. The Morgan fingerprint density at radius 1 is 1.43 bits per heavy atom. The van der Waals surface area contributed by atoms with E-state index < -0.39 is 11.9 Å². The lowest BCUT2D eigenvalue weighted by molar-refractivity contribution is -0.142.